The molecule has 2 N–H and O–H groups in total. The Morgan fingerprint density at radius 1 is 0.975 bits per heavy atom. The Morgan fingerprint density at radius 3 is 2.58 bits per heavy atom. The van der Waals surface area contributed by atoms with Crippen LogP contribution in [0.3, 0.4) is 0 Å². The van der Waals surface area contributed by atoms with Crippen molar-refractivity contribution in [2.75, 3.05) is 39.3 Å². The number of hydrogen-bond acceptors (Lipinski definition) is 5. The highest BCUT2D eigenvalue weighted by Crippen LogP contribution is 2.33. The van der Waals surface area contributed by atoms with Gasteiger partial charge < -0.3 is 14.8 Å². The molecule has 204 valence electrons. The molecule has 0 atom stereocenters. The third kappa shape index (κ3) is 4.67. The average molecular weight is 534 g/mol. The fourth-order valence-electron chi connectivity index (χ4n) is 6.39. The summed E-state index contributed by atoms with van der Waals surface area (Å²) in [7, 11) is 2.13. The number of pyridine rings is 1. The number of carbonyl (C=O) groups excluding carboxylic acids is 1. The number of rotatable bonds is 5. The number of nitrogens with zero attached hydrogens (tertiary/aromatic N) is 5. The van der Waals surface area contributed by atoms with Gasteiger partial charge in [-0.15, -0.1) is 0 Å². The van der Waals surface area contributed by atoms with Crippen LogP contribution in [0.4, 0.5) is 0 Å². The second-order valence-electron chi connectivity index (χ2n) is 11.2. The maximum Gasteiger partial charge on any atom is 0.253 e. The first-order valence-corrected chi connectivity index (χ1v) is 14.3. The van der Waals surface area contributed by atoms with Gasteiger partial charge in [0.05, 0.1) is 11.7 Å². The number of nitrogens with one attached hydrogen (secondary N) is 2. The van der Waals surface area contributed by atoms with Crippen molar-refractivity contribution < 1.29 is 4.79 Å². The number of piperazine rings is 1. The zero-order valence-electron chi connectivity index (χ0n) is 22.9. The van der Waals surface area contributed by atoms with Gasteiger partial charge in [-0.05, 0) is 84.9 Å². The Hall–Kier alpha value is -4.01. The summed E-state index contributed by atoms with van der Waals surface area (Å²) < 4.78 is 2.25. The van der Waals surface area contributed by atoms with E-state index in [9.17, 15) is 4.79 Å². The van der Waals surface area contributed by atoms with Crippen LogP contribution in [0, 0.1) is 0 Å². The molecule has 0 unspecified atom stereocenters. The lowest BCUT2D eigenvalue weighted by atomic mass is 9.89. The number of benzene rings is 2. The summed E-state index contributed by atoms with van der Waals surface area (Å²) in [5, 5.41) is 12.8. The van der Waals surface area contributed by atoms with Gasteiger partial charge in [-0.1, -0.05) is 18.2 Å². The Kier molecular flexibility index (Phi) is 6.57. The molecule has 2 saturated heterocycles. The molecule has 0 bridgehead atoms. The van der Waals surface area contributed by atoms with Gasteiger partial charge in [0.1, 0.15) is 5.65 Å². The molecule has 0 aliphatic carbocycles. The molecule has 8 heteroatoms. The van der Waals surface area contributed by atoms with Gasteiger partial charge in [-0.3, -0.25) is 14.8 Å². The van der Waals surface area contributed by atoms with Gasteiger partial charge in [0.15, 0.2) is 0 Å². The molecule has 0 saturated carbocycles. The number of amides is 1. The minimum Gasteiger partial charge on any atom is -0.336 e. The second kappa shape index (κ2) is 10.5. The van der Waals surface area contributed by atoms with E-state index in [0.29, 0.717) is 5.92 Å². The molecule has 2 aliphatic heterocycles. The van der Waals surface area contributed by atoms with Crippen LogP contribution in [-0.4, -0.2) is 74.7 Å². The second-order valence-corrected chi connectivity index (χ2v) is 11.2. The molecule has 5 heterocycles. The number of carbonyl (C=O) groups is 1. The van der Waals surface area contributed by atoms with Crippen LogP contribution in [-0.2, 0) is 13.6 Å². The maximum absolute atomic E-state index is 12.8. The summed E-state index contributed by atoms with van der Waals surface area (Å²) in [4.78, 5) is 22.1. The van der Waals surface area contributed by atoms with Crippen molar-refractivity contribution in [1.82, 2.24) is 34.9 Å². The van der Waals surface area contributed by atoms with Crippen molar-refractivity contribution in [2.45, 2.75) is 25.3 Å². The van der Waals surface area contributed by atoms with Crippen molar-refractivity contribution in [3.8, 4) is 11.1 Å². The number of likely N-dealkylation sites (tertiary alicyclic amines) is 1. The van der Waals surface area contributed by atoms with Crippen LogP contribution in [0.2, 0.25) is 0 Å². The van der Waals surface area contributed by atoms with Crippen LogP contribution in [0.5, 0.6) is 0 Å². The predicted molar refractivity (Wildman–Crippen MR) is 158 cm³/mol. The van der Waals surface area contributed by atoms with Crippen molar-refractivity contribution >= 4 is 27.8 Å². The standard InChI is InChI=1S/C32H35N7O/c1-37-27(19-29-28(8-11-34-31(29)37)25-6-7-30-26(18-25)20-35-36-30)21-38-14-9-23(10-15-38)22-2-4-24(5-3-22)32(40)39-16-12-33-13-17-39/h2-8,11,18-20,23,33H,9-10,12-17,21H2,1H3,(H,35,36). The van der Waals surface area contributed by atoms with Crippen molar-refractivity contribution in [1.29, 1.82) is 0 Å². The largest absolute Gasteiger partial charge is 0.336 e. The number of piperidine rings is 1. The fourth-order valence-corrected chi connectivity index (χ4v) is 6.39. The van der Waals surface area contributed by atoms with E-state index in [4.69, 9.17) is 4.98 Å². The van der Waals surface area contributed by atoms with Gasteiger partial charge in [-0.2, -0.15) is 5.10 Å². The minimum absolute atomic E-state index is 0.150. The Morgan fingerprint density at radius 2 is 1.77 bits per heavy atom. The van der Waals surface area contributed by atoms with Gasteiger partial charge in [-0.25, -0.2) is 4.98 Å². The number of fused-ring (bicyclic) bond motifs is 2. The number of hydrogen-bond donors (Lipinski definition) is 2. The fraction of sp³-hybridized carbons (Fsp3) is 0.344. The summed E-state index contributed by atoms with van der Waals surface area (Å²) in [5.41, 5.74) is 7.89. The molecule has 40 heavy (non-hydrogen) atoms. The molecule has 5 aromatic rings. The minimum atomic E-state index is 0.150. The lowest BCUT2D eigenvalue weighted by Gasteiger charge is -2.32. The van der Waals surface area contributed by atoms with Gasteiger partial charge in [0, 0.05) is 68.0 Å². The third-order valence-electron chi connectivity index (χ3n) is 8.79. The molecular weight excluding hydrogens is 498 g/mol. The molecule has 8 nitrogen and oxygen atoms in total. The van der Waals surface area contributed by atoms with Gasteiger partial charge in [0.2, 0.25) is 0 Å². The van der Waals surface area contributed by atoms with Crippen LogP contribution in [0.15, 0.2) is 67.0 Å². The van der Waals surface area contributed by atoms with Crippen LogP contribution < -0.4 is 5.32 Å². The molecule has 2 aromatic carbocycles. The number of aromatic nitrogens is 4. The summed E-state index contributed by atoms with van der Waals surface area (Å²) >= 11 is 0. The normalized spacial score (nSPS) is 17.2. The summed E-state index contributed by atoms with van der Waals surface area (Å²) in [6.07, 6.45) is 6.04. The van der Waals surface area contributed by atoms with Crippen molar-refractivity contribution in [3.05, 3.63) is 83.8 Å². The molecule has 7 rings (SSSR count). The first-order chi connectivity index (χ1) is 19.6. The smallest absolute Gasteiger partial charge is 0.253 e. The number of aromatic amines is 1. The molecule has 3 aromatic heterocycles. The van der Waals surface area contributed by atoms with E-state index in [1.807, 2.05) is 29.4 Å². The highest BCUT2D eigenvalue weighted by molar-refractivity contribution is 5.96. The molecule has 2 fully saturated rings. The van der Waals surface area contributed by atoms with E-state index in [2.05, 4.69) is 74.5 Å². The zero-order chi connectivity index (χ0) is 27.1. The topological polar surface area (TPSA) is 82.1 Å². The van der Waals surface area contributed by atoms with E-state index in [1.165, 1.54) is 27.8 Å². The molecule has 0 radical (unpaired) electrons. The average Bonchev–Trinajstić information content (AvgIpc) is 3.61. The Bertz CT molecular complexity index is 1650. The highest BCUT2D eigenvalue weighted by atomic mass is 16.2. The first-order valence-electron chi connectivity index (χ1n) is 14.3. The number of aryl methyl sites for hydroxylation is 1. The SMILES string of the molecule is Cn1c(CN2CCC(c3ccc(C(=O)N4CCNCC4)cc3)CC2)cc2c(-c3ccc4[nH]ncc4c3)ccnc21. The molecular formula is C32H35N7O. The quantitative estimate of drug-likeness (QED) is 0.347. The van der Waals surface area contributed by atoms with Crippen LogP contribution >= 0.6 is 0 Å². The van der Waals surface area contributed by atoms with Gasteiger partial charge >= 0.3 is 0 Å². The monoisotopic (exact) mass is 533 g/mol. The zero-order valence-corrected chi connectivity index (χ0v) is 22.9. The summed E-state index contributed by atoms with van der Waals surface area (Å²) in [6.45, 7) is 6.36. The van der Waals surface area contributed by atoms with E-state index in [0.717, 1.165) is 80.8 Å². The maximum atomic E-state index is 12.8. The van der Waals surface area contributed by atoms with E-state index in [-0.39, 0.29) is 5.91 Å². The summed E-state index contributed by atoms with van der Waals surface area (Å²) in [6, 6.07) is 19.3. The first kappa shape index (κ1) is 25.0. The number of H-pyrrole nitrogens is 1. The predicted octanol–water partition coefficient (Wildman–Crippen LogP) is 4.54. The van der Waals surface area contributed by atoms with E-state index < -0.39 is 0 Å². The molecule has 1 amide bonds. The van der Waals surface area contributed by atoms with E-state index in [1.54, 1.807) is 0 Å². The third-order valence-corrected chi connectivity index (χ3v) is 8.79. The highest BCUT2D eigenvalue weighted by Gasteiger charge is 2.23. The molecule has 0 spiro atoms. The van der Waals surface area contributed by atoms with Crippen molar-refractivity contribution in [3.63, 3.8) is 0 Å². The summed E-state index contributed by atoms with van der Waals surface area (Å²) in [5.74, 6) is 0.690. The lowest BCUT2D eigenvalue weighted by molar-refractivity contribution is 0.0736. The van der Waals surface area contributed by atoms with Crippen LogP contribution in [0.25, 0.3) is 33.1 Å². The van der Waals surface area contributed by atoms with Crippen molar-refractivity contribution in [2.24, 2.45) is 7.05 Å². The Balaban J connectivity index is 1.03. The molecule has 2 aliphatic rings. The lowest BCUT2D eigenvalue weighted by Crippen LogP contribution is -2.46. The van der Waals surface area contributed by atoms with Gasteiger partial charge in [0.25, 0.3) is 5.91 Å². The van der Waals surface area contributed by atoms with Crippen LogP contribution in [0.1, 0.15) is 40.4 Å². The van der Waals surface area contributed by atoms with E-state index >= 15 is 0 Å². The Labute approximate surface area is 234 Å².